The Balaban J connectivity index is 1.86. The van der Waals surface area contributed by atoms with E-state index >= 15 is 0 Å². The summed E-state index contributed by atoms with van der Waals surface area (Å²) < 4.78 is 78.0. The smallest absolute Gasteiger partial charge is 0.367 e. The van der Waals surface area contributed by atoms with E-state index in [1.165, 1.54) is 0 Å². The molecule has 0 radical (unpaired) electrons. The maximum atomic E-state index is 13.6. The van der Waals surface area contributed by atoms with Crippen molar-refractivity contribution < 1.29 is 50.3 Å². The van der Waals surface area contributed by atoms with Crippen molar-refractivity contribution >= 4 is 124 Å². The average molecular weight is 985 g/mol. The van der Waals surface area contributed by atoms with Crippen LogP contribution in [0.5, 0.6) is 11.5 Å². The highest BCUT2D eigenvalue weighted by Crippen LogP contribution is 2.42. The van der Waals surface area contributed by atoms with Gasteiger partial charge in [0.2, 0.25) is 0 Å². The molecule has 41 heavy (non-hydrogen) atoms. The number of ether oxygens (including phenoxy) is 3. The Hall–Kier alpha value is -0.500. The van der Waals surface area contributed by atoms with Crippen LogP contribution >= 0.6 is 95.6 Å². The molecule has 0 aromatic heterocycles. The molecule has 18 heteroatoms. The fraction of sp³-hybridized carbons (Fsp3) is 0.348. The van der Waals surface area contributed by atoms with E-state index in [2.05, 4.69) is 100 Å². The van der Waals surface area contributed by atoms with Gasteiger partial charge in [-0.2, -0.15) is 8.78 Å². The zero-order valence-electron chi connectivity index (χ0n) is 20.0. The normalized spacial score (nSPS) is 19.4. The molecule has 0 saturated heterocycles. The summed E-state index contributed by atoms with van der Waals surface area (Å²) in [6.07, 6.45) is -0.659. The van der Waals surface area contributed by atoms with Gasteiger partial charge in [0.25, 0.3) is 0 Å². The van der Waals surface area contributed by atoms with Gasteiger partial charge < -0.3 is 18.8 Å². The summed E-state index contributed by atoms with van der Waals surface area (Å²) in [5.74, 6) is -6.25. The van der Waals surface area contributed by atoms with E-state index < -0.39 is 57.6 Å². The van der Waals surface area contributed by atoms with E-state index in [4.69, 9.17) is 9.47 Å². The largest absolute Gasteiger partial charge is 0.743 e. The standard InChI is InChI=1S/C23H16Br6F2O9S/c24-12-4-14(26)18(15(27)5-12)39-21(33)10-1-9(20(32)38-8-23(30,31)41(35,36)37)2-11(3-10)22(34)40-19-16(28)6-13(25)7-17(19)29/h4-7,9-11H,1-3,8H2,(H,35,36,37)/p-1. The number of hydrogen-bond acceptors (Lipinski definition) is 9. The Morgan fingerprint density at radius 3 is 1.37 bits per heavy atom. The Bertz CT molecular complexity index is 1360. The maximum Gasteiger partial charge on any atom is 0.367 e. The summed E-state index contributed by atoms with van der Waals surface area (Å²) in [6.45, 7) is -2.02. The molecular formula is C23H15Br6F2O9S-. The minimum Gasteiger partial charge on any atom is -0.743 e. The predicted octanol–water partition coefficient (Wildman–Crippen LogP) is 7.49. The van der Waals surface area contributed by atoms with Gasteiger partial charge in [-0.3, -0.25) is 14.4 Å². The van der Waals surface area contributed by atoms with Gasteiger partial charge in [0.05, 0.1) is 35.6 Å². The second kappa shape index (κ2) is 14.1. The van der Waals surface area contributed by atoms with Crippen LogP contribution in [0.3, 0.4) is 0 Å². The van der Waals surface area contributed by atoms with Crippen LogP contribution in [0, 0.1) is 17.8 Å². The van der Waals surface area contributed by atoms with E-state index in [0.29, 0.717) is 26.8 Å². The van der Waals surface area contributed by atoms with Gasteiger partial charge in [-0.05, 0) is 107 Å². The van der Waals surface area contributed by atoms with Gasteiger partial charge in [-0.15, -0.1) is 0 Å². The van der Waals surface area contributed by atoms with Crippen LogP contribution in [-0.2, 0) is 29.2 Å². The van der Waals surface area contributed by atoms with Gasteiger partial charge in [0.1, 0.15) is 0 Å². The first-order chi connectivity index (χ1) is 18.9. The first-order valence-corrected chi connectivity index (χ1v) is 17.3. The van der Waals surface area contributed by atoms with Crippen LogP contribution in [0.15, 0.2) is 51.1 Å². The highest BCUT2D eigenvalue weighted by molar-refractivity contribution is 9.12. The number of alkyl halides is 2. The molecule has 1 saturated carbocycles. The average Bonchev–Trinajstić information content (AvgIpc) is 2.85. The third-order valence-corrected chi connectivity index (χ3v) is 9.91. The highest BCUT2D eigenvalue weighted by Gasteiger charge is 2.44. The molecule has 2 aromatic rings. The van der Waals surface area contributed by atoms with Gasteiger partial charge in [0.15, 0.2) is 28.2 Å². The minimum atomic E-state index is -6.10. The Morgan fingerprint density at radius 1 is 0.732 bits per heavy atom. The van der Waals surface area contributed by atoms with Crippen LogP contribution in [0.2, 0.25) is 0 Å². The van der Waals surface area contributed by atoms with Crippen LogP contribution in [0.1, 0.15) is 19.3 Å². The number of carbonyl (C=O) groups excluding carboxylic acids is 3. The first-order valence-electron chi connectivity index (χ1n) is 11.1. The fourth-order valence-corrected chi connectivity index (χ4v) is 8.91. The quantitative estimate of drug-likeness (QED) is 0.150. The maximum absolute atomic E-state index is 13.6. The van der Waals surface area contributed by atoms with Crippen LogP contribution in [0.25, 0.3) is 0 Å². The molecule has 1 aliphatic carbocycles. The van der Waals surface area contributed by atoms with Crippen LogP contribution < -0.4 is 9.47 Å². The minimum absolute atomic E-state index is 0.116. The SMILES string of the molecule is O=C(OCC(F)(F)S(=O)(=O)[O-])C1CC(C(=O)Oc2c(Br)cc(Br)cc2Br)CC(C(=O)Oc2c(Br)cc(Br)cc2Br)C1. The van der Waals surface area contributed by atoms with E-state index in [9.17, 15) is 36.1 Å². The number of carbonyl (C=O) groups is 3. The first kappa shape index (κ1) is 35.0. The molecule has 0 amide bonds. The molecule has 2 unspecified atom stereocenters. The lowest BCUT2D eigenvalue weighted by Gasteiger charge is -2.32. The summed E-state index contributed by atoms with van der Waals surface area (Å²) in [4.78, 5) is 39.1. The Morgan fingerprint density at radius 2 is 1.05 bits per heavy atom. The summed E-state index contributed by atoms with van der Waals surface area (Å²) >= 11 is 19.7. The van der Waals surface area contributed by atoms with Crippen molar-refractivity contribution in [2.24, 2.45) is 17.8 Å². The molecule has 0 heterocycles. The van der Waals surface area contributed by atoms with E-state index in [-0.39, 0.29) is 30.8 Å². The topological polar surface area (TPSA) is 136 Å². The molecule has 1 aliphatic rings. The van der Waals surface area contributed by atoms with Crippen LogP contribution in [0.4, 0.5) is 8.78 Å². The van der Waals surface area contributed by atoms with Crippen molar-refractivity contribution in [3.05, 3.63) is 51.1 Å². The second-order valence-electron chi connectivity index (χ2n) is 8.74. The van der Waals surface area contributed by atoms with E-state index in [1.807, 2.05) is 0 Å². The van der Waals surface area contributed by atoms with Gasteiger partial charge in [0, 0.05) is 8.95 Å². The van der Waals surface area contributed by atoms with Crippen molar-refractivity contribution in [2.75, 3.05) is 6.61 Å². The number of esters is 3. The summed E-state index contributed by atoms with van der Waals surface area (Å²) in [7, 11) is -6.10. The van der Waals surface area contributed by atoms with Crippen molar-refractivity contribution in [1.82, 2.24) is 0 Å². The highest BCUT2D eigenvalue weighted by atomic mass is 79.9. The Labute approximate surface area is 282 Å². The third kappa shape index (κ3) is 9.01. The molecule has 2 atom stereocenters. The Kier molecular flexibility index (Phi) is 12.0. The number of rotatable bonds is 8. The lowest BCUT2D eigenvalue weighted by molar-refractivity contribution is -0.160. The fourth-order valence-electron chi connectivity index (χ4n) is 3.86. The lowest BCUT2D eigenvalue weighted by Crippen LogP contribution is -2.40. The van der Waals surface area contributed by atoms with E-state index in [0.717, 1.165) is 0 Å². The monoisotopic (exact) mass is 979 g/mol. The second-order valence-corrected chi connectivity index (χ2v) is 15.5. The van der Waals surface area contributed by atoms with Gasteiger partial charge in [-0.1, -0.05) is 31.9 Å². The molecular weight excluding hydrogens is 970 g/mol. The van der Waals surface area contributed by atoms with Crippen molar-refractivity contribution in [3.8, 4) is 11.5 Å². The molecule has 3 rings (SSSR count). The lowest BCUT2D eigenvalue weighted by atomic mass is 9.75. The van der Waals surface area contributed by atoms with Crippen molar-refractivity contribution in [1.29, 1.82) is 0 Å². The van der Waals surface area contributed by atoms with E-state index in [1.54, 1.807) is 24.3 Å². The van der Waals surface area contributed by atoms with Crippen LogP contribution in [-0.4, -0.2) is 42.7 Å². The molecule has 2 aromatic carbocycles. The van der Waals surface area contributed by atoms with Crippen molar-refractivity contribution in [3.63, 3.8) is 0 Å². The zero-order chi connectivity index (χ0) is 30.9. The van der Waals surface area contributed by atoms with Crippen molar-refractivity contribution in [2.45, 2.75) is 24.5 Å². The summed E-state index contributed by atoms with van der Waals surface area (Å²) in [5, 5.41) is -4.87. The predicted molar refractivity (Wildman–Crippen MR) is 160 cm³/mol. The summed E-state index contributed by atoms with van der Waals surface area (Å²) in [6, 6.07) is 6.47. The van der Waals surface area contributed by atoms with Gasteiger partial charge >= 0.3 is 23.2 Å². The zero-order valence-corrected chi connectivity index (χ0v) is 30.3. The number of hydrogen-bond donors (Lipinski definition) is 0. The molecule has 0 bridgehead atoms. The molecule has 9 nitrogen and oxygen atoms in total. The summed E-state index contributed by atoms with van der Waals surface area (Å²) in [5.41, 5.74) is 0. The molecule has 0 N–H and O–H groups in total. The third-order valence-electron chi connectivity index (χ3n) is 5.79. The molecule has 0 aliphatic heterocycles. The number of benzene rings is 2. The molecule has 224 valence electrons. The number of halogens is 8. The van der Waals surface area contributed by atoms with Gasteiger partial charge in [-0.25, -0.2) is 8.42 Å². The molecule has 0 spiro atoms. The molecule has 1 fully saturated rings.